The van der Waals surface area contributed by atoms with Gasteiger partial charge in [-0.2, -0.15) is 0 Å². The molecule has 0 atom stereocenters. The summed E-state index contributed by atoms with van der Waals surface area (Å²) in [6, 6.07) is 11.9. The van der Waals surface area contributed by atoms with Crippen molar-refractivity contribution in [2.24, 2.45) is 5.73 Å². The number of nitrogens with zero attached hydrogens (tertiary/aromatic N) is 2. The number of aromatic nitrogens is 1. The maximum atomic E-state index is 5.83. The van der Waals surface area contributed by atoms with Gasteiger partial charge in [-0.05, 0) is 23.3 Å². The minimum Gasteiger partial charge on any atom is -0.355 e. The molecule has 1 aromatic heterocycles. The number of hydrogen-bond acceptors (Lipinski definition) is 3. The molecule has 0 aliphatic rings. The minimum absolute atomic E-state index is 0.554. The molecule has 0 unspecified atom stereocenters. The lowest BCUT2D eigenvalue weighted by molar-refractivity contribution is 0.876. The molecule has 2 aromatic rings. The van der Waals surface area contributed by atoms with Crippen molar-refractivity contribution in [3.63, 3.8) is 0 Å². The average Bonchev–Trinajstić information content (AvgIpc) is 2.40. The fraction of sp³-hybridized carbons (Fsp3) is 0.214. The van der Waals surface area contributed by atoms with Crippen LogP contribution in [0.1, 0.15) is 11.1 Å². The molecular formula is C14H16ClN3. The monoisotopic (exact) mass is 261 g/mol. The molecule has 2 rings (SSSR count). The summed E-state index contributed by atoms with van der Waals surface area (Å²) < 4.78 is 0. The van der Waals surface area contributed by atoms with E-state index in [2.05, 4.69) is 22.0 Å². The summed E-state index contributed by atoms with van der Waals surface area (Å²) in [7, 11) is 2.00. The van der Waals surface area contributed by atoms with Gasteiger partial charge in [-0.15, -0.1) is 0 Å². The highest BCUT2D eigenvalue weighted by atomic mass is 35.5. The molecule has 3 nitrogen and oxygen atoms in total. The van der Waals surface area contributed by atoms with E-state index in [0.29, 0.717) is 11.6 Å². The number of anilines is 1. The first-order valence-corrected chi connectivity index (χ1v) is 6.18. The quantitative estimate of drug-likeness (QED) is 0.920. The summed E-state index contributed by atoms with van der Waals surface area (Å²) in [5.74, 6) is 0.895. The van der Waals surface area contributed by atoms with E-state index in [0.717, 1.165) is 12.4 Å². The maximum absolute atomic E-state index is 5.83. The highest BCUT2D eigenvalue weighted by Gasteiger charge is 2.06. The Morgan fingerprint density at radius 2 is 1.89 bits per heavy atom. The van der Waals surface area contributed by atoms with Crippen LogP contribution < -0.4 is 10.6 Å². The van der Waals surface area contributed by atoms with Crippen LogP contribution in [0.4, 0.5) is 5.82 Å². The topological polar surface area (TPSA) is 42.1 Å². The summed E-state index contributed by atoms with van der Waals surface area (Å²) >= 11 is 5.83. The van der Waals surface area contributed by atoms with Crippen LogP contribution in [0.25, 0.3) is 0 Å². The zero-order valence-electron chi connectivity index (χ0n) is 10.3. The van der Waals surface area contributed by atoms with Crippen molar-refractivity contribution < 1.29 is 0 Å². The van der Waals surface area contributed by atoms with Crippen molar-refractivity contribution in [3.8, 4) is 0 Å². The number of hydrogen-bond donors (Lipinski definition) is 1. The normalized spacial score (nSPS) is 10.4. The van der Waals surface area contributed by atoms with E-state index >= 15 is 0 Å². The van der Waals surface area contributed by atoms with E-state index in [4.69, 9.17) is 17.3 Å². The Bertz CT molecular complexity index is 511. The Morgan fingerprint density at radius 3 is 2.50 bits per heavy atom. The minimum atomic E-state index is 0.554. The molecule has 0 aliphatic heterocycles. The van der Waals surface area contributed by atoms with Crippen LogP contribution in [-0.2, 0) is 13.1 Å². The summed E-state index contributed by atoms with van der Waals surface area (Å²) in [6.45, 7) is 1.33. The zero-order valence-corrected chi connectivity index (χ0v) is 11.1. The highest BCUT2D eigenvalue weighted by molar-refractivity contribution is 6.30. The number of benzene rings is 1. The first-order valence-electron chi connectivity index (χ1n) is 5.80. The molecule has 0 fully saturated rings. The van der Waals surface area contributed by atoms with E-state index < -0.39 is 0 Å². The van der Waals surface area contributed by atoms with Gasteiger partial charge < -0.3 is 10.6 Å². The van der Waals surface area contributed by atoms with Crippen LogP contribution in [0.15, 0.2) is 42.6 Å². The largest absolute Gasteiger partial charge is 0.355 e. The molecule has 0 spiro atoms. The molecule has 1 heterocycles. The van der Waals surface area contributed by atoms with Gasteiger partial charge in [0.05, 0.1) is 5.02 Å². The molecular weight excluding hydrogens is 246 g/mol. The van der Waals surface area contributed by atoms with Crippen LogP contribution in [0.5, 0.6) is 0 Å². The maximum Gasteiger partial charge on any atom is 0.128 e. The summed E-state index contributed by atoms with van der Waals surface area (Å²) in [5.41, 5.74) is 8.12. The second-order valence-electron chi connectivity index (χ2n) is 4.16. The first kappa shape index (κ1) is 12.9. The Hall–Kier alpha value is -1.58. The summed E-state index contributed by atoms with van der Waals surface area (Å²) in [4.78, 5) is 6.37. The molecule has 4 heteroatoms. The second kappa shape index (κ2) is 5.85. The van der Waals surface area contributed by atoms with Gasteiger partial charge in [0.25, 0.3) is 0 Å². The van der Waals surface area contributed by atoms with E-state index in [-0.39, 0.29) is 0 Å². The van der Waals surface area contributed by atoms with Gasteiger partial charge in [0.15, 0.2) is 0 Å². The third-order valence-corrected chi connectivity index (χ3v) is 3.07. The SMILES string of the molecule is CN(Cc1ccccc1CN)c1ccc(Cl)cn1. The Labute approximate surface area is 112 Å². The number of pyridine rings is 1. The highest BCUT2D eigenvalue weighted by Crippen LogP contribution is 2.17. The van der Waals surface area contributed by atoms with Crippen LogP contribution >= 0.6 is 11.6 Å². The molecule has 1 aromatic carbocycles. The van der Waals surface area contributed by atoms with E-state index in [1.165, 1.54) is 11.1 Å². The van der Waals surface area contributed by atoms with Gasteiger partial charge in [-0.3, -0.25) is 0 Å². The van der Waals surface area contributed by atoms with Crippen LogP contribution in [0.2, 0.25) is 5.02 Å². The predicted octanol–water partition coefficient (Wildman–Crippen LogP) is 2.83. The van der Waals surface area contributed by atoms with Crippen LogP contribution in [-0.4, -0.2) is 12.0 Å². The molecule has 18 heavy (non-hydrogen) atoms. The van der Waals surface area contributed by atoms with Crippen LogP contribution in [0, 0.1) is 0 Å². The fourth-order valence-corrected chi connectivity index (χ4v) is 1.95. The molecule has 0 saturated heterocycles. The van der Waals surface area contributed by atoms with Crippen molar-refractivity contribution in [1.29, 1.82) is 0 Å². The van der Waals surface area contributed by atoms with Crippen molar-refractivity contribution >= 4 is 17.4 Å². The Balaban J connectivity index is 2.15. The van der Waals surface area contributed by atoms with Crippen molar-refractivity contribution in [1.82, 2.24) is 4.98 Å². The van der Waals surface area contributed by atoms with Crippen molar-refractivity contribution in [2.45, 2.75) is 13.1 Å². The number of rotatable bonds is 4. The molecule has 2 N–H and O–H groups in total. The van der Waals surface area contributed by atoms with Crippen molar-refractivity contribution in [3.05, 3.63) is 58.7 Å². The van der Waals surface area contributed by atoms with Gasteiger partial charge >= 0.3 is 0 Å². The summed E-state index contributed by atoms with van der Waals surface area (Å²) in [6.07, 6.45) is 1.65. The lowest BCUT2D eigenvalue weighted by Gasteiger charge is -2.19. The molecule has 0 bridgehead atoms. The van der Waals surface area contributed by atoms with Gasteiger partial charge in [0.1, 0.15) is 5.82 Å². The van der Waals surface area contributed by atoms with E-state index in [9.17, 15) is 0 Å². The molecule has 0 aliphatic carbocycles. The van der Waals surface area contributed by atoms with E-state index in [1.54, 1.807) is 6.20 Å². The molecule has 94 valence electrons. The average molecular weight is 262 g/mol. The molecule has 0 saturated carbocycles. The smallest absolute Gasteiger partial charge is 0.128 e. The lowest BCUT2D eigenvalue weighted by atomic mass is 10.1. The number of nitrogens with two attached hydrogens (primary N) is 1. The Kier molecular flexibility index (Phi) is 4.18. The molecule has 0 amide bonds. The molecule has 0 radical (unpaired) electrons. The van der Waals surface area contributed by atoms with E-state index in [1.807, 2.05) is 31.3 Å². The third kappa shape index (κ3) is 3.00. The standard InChI is InChI=1S/C14H16ClN3/c1-18(14-7-6-13(15)9-17-14)10-12-5-3-2-4-11(12)8-16/h2-7,9H,8,10,16H2,1H3. The third-order valence-electron chi connectivity index (χ3n) is 2.85. The van der Waals surface area contributed by atoms with Gasteiger partial charge in [-0.25, -0.2) is 4.98 Å². The van der Waals surface area contributed by atoms with Gasteiger partial charge in [-0.1, -0.05) is 35.9 Å². The fourth-order valence-electron chi connectivity index (χ4n) is 1.84. The predicted molar refractivity (Wildman–Crippen MR) is 75.7 cm³/mol. The lowest BCUT2D eigenvalue weighted by Crippen LogP contribution is -2.19. The number of halogens is 1. The second-order valence-corrected chi connectivity index (χ2v) is 4.60. The zero-order chi connectivity index (χ0) is 13.0. The van der Waals surface area contributed by atoms with Gasteiger partial charge in [0.2, 0.25) is 0 Å². The van der Waals surface area contributed by atoms with Crippen molar-refractivity contribution in [2.75, 3.05) is 11.9 Å². The first-order chi connectivity index (χ1) is 8.70. The van der Waals surface area contributed by atoms with Gasteiger partial charge in [0, 0.05) is 26.3 Å². The van der Waals surface area contributed by atoms with Crippen LogP contribution in [0.3, 0.4) is 0 Å². The Morgan fingerprint density at radius 1 is 1.17 bits per heavy atom. The summed E-state index contributed by atoms with van der Waals surface area (Å²) in [5, 5.41) is 0.648.